The van der Waals surface area contributed by atoms with E-state index in [0.717, 1.165) is 6.26 Å². The molecule has 0 unspecified atom stereocenters. The van der Waals surface area contributed by atoms with Gasteiger partial charge in [-0.2, -0.15) is 0 Å². The summed E-state index contributed by atoms with van der Waals surface area (Å²) in [5.41, 5.74) is 0. The van der Waals surface area contributed by atoms with Gasteiger partial charge in [-0.1, -0.05) is 11.6 Å². The SMILES string of the molecule is Fc1co[c]c1Cl. The van der Waals surface area contributed by atoms with Crippen LogP contribution in [0.4, 0.5) is 4.39 Å². The van der Waals surface area contributed by atoms with Crippen LogP contribution in [-0.2, 0) is 0 Å². The third-order valence-electron chi connectivity index (χ3n) is 0.521. The highest BCUT2D eigenvalue weighted by Crippen LogP contribution is 2.11. The fourth-order valence-corrected chi connectivity index (χ4v) is 0.323. The van der Waals surface area contributed by atoms with Crippen LogP contribution in [0.3, 0.4) is 0 Å². The Labute approximate surface area is 44.7 Å². The second-order valence-electron chi connectivity index (χ2n) is 1.000. The highest BCUT2D eigenvalue weighted by atomic mass is 35.5. The van der Waals surface area contributed by atoms with Gasteiger partial charge < -0.3 is 4.42 Å². The monoisotopic (exact) mass is 119 g/mol. The Balaban J connectivity index is 3.12. The summed E-state index contributed by atoms with van der Waals surface area (Å²) in [5, 5.41) is -0.0972. The maximum atomic E-state index is 11.8. The predicted molar refractivity (Wildman–Crippen MR) is 22.5 cm³/mol. The van der Waals surface area contributed by atoms with Crippen molar-refractivity contribution in [3.8, 4) is 0 Å². The van der Waals surface area contributed by atoms with E-state index < -0.39 is 5.82 Å². The Morgan fingerprint density at radius 3 is 2.71 bits per heavy atom. The standard InChI is InChI=1S/C4HClFO/c5-3-1-7-2-4(3)6/h2H. The fraction of sp³-hybridized carbons (Fsp3) is 0. The van der Waals surface area contributed by atoms with Gasteiger partial charge in [0.05, 0.1) is 0 Å². The van der Waals surface area contributed by atoms with E-state index in [2.05, 4.69) is 10.7 Å². The number of hydrogen-bond acceptors (Lipinski definition) is 1. The zero-order chi connectivity index (χ0) is 5.28. The quantitative estimate of drug-likeness (QED) is 0.508. The average Bonchev–Trinajstić information content (AvgIpc) is 1.91. The smallest absolute Gasteiger partial charge is 0.192 e. The molecule has 1 rings (SSSR count). The first-order valence-electron chi connectivity index (χ1n) is 1.61. The van der Waals surface area contributed by atoms with Crippen LogP contribution in [0.1, 0.15) is 0 Å². The molecule has 3 heteroatoms. The molecule has 1 radical (unpaired) electrons. The molecule has 37 valence electrons. The average molecular weight is 120 g/mol. The van der Waals surface area contributed by atoms with Gasteiger partial charge in [0.1, 0.15) is 11.3 Å². The molecule has 0 saturated heterocycles. The summed E-state index contributed by atoms with van der Waals surface area (Å²) >= 11 is 5.10. The van der Waals surface area contributed by atoms with Gasteiger partial charge in [-0.05, 0) is 0 Å². The van der Waals surface area contributed by atoms with Gasteiger partial charge in [0.15, 0.2) is 12.1 Å². The van der Waals surface area contributed by atoms with E-state index in [1.807, 2.05) is 0 Å². The zero-order valence-electron chi connectivity index (χ0n) is 3.24. The fourth-order valence-electron chi connectivity index (χ4n) is 0.233. The van der Waals surface area contributed by atoms with Crippen molar-refractivity contribution in [2.75, 3.05) is 0 Å². The molecule has 0 saturated carbocycles. The number of hydrogen-bond donors (Lipinski definition) is 0. The Morgan fingerprint density at radius 2 is 2.57 bits per heavy atom. The van der Waals surface area contributed by atoms with E-state index in [1.165, 1.54) is 0 Å². The van der Waals surface area contributed by atoms with Crippen molar-refractivity contribution in [1.82, 2.24) is 0 Å². The van der Waals surface area contributed by atoms with Crippen molar-refractivity contribution in [2.45, 2.75) is 0 Å². The van der Waals surface area contributed by atoms with Gasteiger partial charge in [0.2, 0.25) is 0 Å². The van der Waals surface area contributed by atoms with Crippen molar-refractivity contribution in [2.24, 2.45) is 0 Å². The molecule has 0 aromatic carbocycles. The largest absolute Gasteiger partial charge is 0.456 e. The van der Waals surface area contributed by atoms with Gasteiger partial charge in [-0.3, -0.25) is 0 Å². The molecule has 7 heavy (non-hydrogen) atoms. The molecule has 0 atom stereocenters. The molecule has 0 aliphatic heterocycles. The van der Waals surface area contributed by atoms with Crippen molar-refractivity contribution in [1.29, 1.82) is 0 Å². The molecule has 0 fully saturated rings. The molecule has 1 heterocycles. The minimum absolute atomic E-state index is 0.0972. The van der Waals surface area contributed by atoms with Gasteiger partial charge in [-0.15, -0.1) is 0 Å². The third kappa shape index (κ3) is 0.747. The second kappa shape index (κ2) is 1.54. The van der Waals surface area contributed by atoms with E-state index in [0.29, 0.717) is 0 Å². The van der Waals surface area contributed by atoms with Gasteiger partial charge in [0, 0.05) is 0 Å². The summed E-state index contributed by atoms with van der Waals surface area (Å²) in [4.78, 5) is 0. The van der Waals surface area contributed by atoms with E-state index in [9.17, 15) is 4.39 Å². The maximum Gasteiger partial charge on any atom is 0.192 e. The summed E-state index contributed by atoms with van der Waals surface area (Å²) in [5.74, 6) is -0.568. The van der Waals surface area contributed by atoms with Crippen LogP contribution >= 0.6 is 11.6 Å². The molecule has 0 aliphatic rings. The lowest BCUT2D eigenvalue weighted by molar-refractivity contribution is 0.527. The molecule has 0 aliphatic carbocycles. The topological polar surface area (TPSA) is 13.1 Å². The number of halogens is 2. The Kier molecular flexibility index (Phi) is 1.02. The highest BCUT2D eigenvalue weighted by Gasteiger charge is 1.98. The van der Waals surface area contributed by atoms with E-state index >= 15 is 0 Å². The molecule has 0 spiro atoms. The Bertz CT molecular complexity index is 144. The number of furan rings is 1. The second-order valence-corrected chi connectivity index (χ2v) is 1.38. The van der Waals surface area contributed by atoms with Crippen LogP contribution in [0.25, 0.3) is 0 Å². The third-order valence-corrected chi connectivity index (χ3v) is 0.778. The van der Waals surface area contributed by atoms with Crippen LogP contribution in [0.15, 0.2) is 10.7 Å². The van der Waals surface area contributed by atoms with Crippen LogP contribution < -0.4 is 0 Å². The van der Waals surface area contributed by atoms with Crippen molar-refractivity contribution in [3.05, 3.63) is 23.4 Å². The predicted octanol–water partition coefficient (Wildman–Crippen LogP) is 1.87. The lowest BCUT2D eigenvalue weighted by Gasteiger charge is -1.68. The minimum atomic E-state index is -0.568. The highest BCUT2D eigenvalue weighted by molar-refractivity contribution is 6.30. The molecular formula is C4HClFO. The van der Waals surface area contributed by atoms with E-state index in [4.69, 9.17) is 11.6 Å². The first kappa shape index (κ1) is 4.65. The van der Waals surface area contributed by atoms with Crippen molar-refractivity contribution < 1.29 is 8.81 Å². The van der Waals surface area contributed by atoms with Gasteiger partial charge in [0.25, 0.3) is 0 Å². The van der Waals surface area contributed by atoms with Crippen LogP contribution in [0.5, 0.6) is 0 Å². The molecule has 1 aromatic heterocycles. The lowest BCUT2D eigenvalue weighted by atomic mass is 10.6. The molecule has 1 aromatic rings. The normalized spacial score (nSPS) is 9.43. The Morgan fingerprint density at radius 1 is 1.86 bits per heavy atom. The Hall–Kier alpha value is -0.500. The van der Waals surface area contributed by atoms with Crippen molar-refractivity contribution in [3.63, 3.8) is 0 Å². The van der Waals surface area contributed by atoms with Gasteiger partial charge in [-0.25, -0.2) is 4.39 Å². The summed E-state index contributed by atoms with van der Waals surface area (Å²) in [6.07, 6.45) is 2.97. The first-order chi connectivity index (χ1) is 3.30. The van der Waals surface area contributed by atoms with Gasteiger partial charge >= 0.3 is 0 Å². The maximum absolute atomic E-state index is 11.8. The summed E-state index contributed by atoms with van der Waals surface area (Å²) in [6.45, 7) is 0. The minimum Gasteiger partial charge on any atom is -0.456 e. The van der Waals surface area contributed by atoms with Crippen LogP contribution in [0, 0.1) is 12.1 Å². The lowest BCUT2D eigenvalue weighted by Crippen LogP contribution is -1.57. The molecule has 1 nitrogen and oxygen atoms in total. The number of rotatable bonds is 0. The van der Waals surface area contributed by atoms with Crippen LogP contribution in [-0.4, -0.2) is 0 Å². The van der Waals surface area contributed by atoms with Crippen molar-refractivity contribution >= 4 is 11.6 Å². The summed E-state index contributed by atoms with van der Waals surface area (Å²) in [6, 6.07) is 0. The molecular weight excluding hydrogens is 118 g/mol. The van der Waals surface area contributed by atoms with Crippen LogP contribution in [0.2, 0.25) is 5.02 Å². The summed E-state index contributed by atoms with van der Waals surface area (Å²) < 4.78 is 16.0. The summed E-state index contributed by atoms with van der Waals surface area (Å²) in [7, 11) is 0. The molecule has 0 amide bonds. The zero-order valence-corrected chi connectivity index (χ0v) is 4.00. The first-order valence-corrected chi connectivity index (χ1v) is 1.98. The molecule has 0 N–H and O–H groups in total. The molecule has 0 bridgehead atoms. The van der Waals surface area contributed by atoms with E-state index in [-0.39, 0.29) is 5.02 Å². The van der Waals surface area contributed by atoms with E-state index in [1.54, 1.807) is 0 Å².